The van der Waals surface area contributed by atoms with Crippen LogP contribution in [-0.4, -0.2) is 44.7 Å². The number of unbranched alkanes of at least 4 members (excludes halogenated alkanes) is 1. The van der Waals surface area contributed by atoms with Gasteiger partial charge in [-0.2, -0.15) is 5.10 Å². The number of hydrogen-bond donors (Lipinski definition) is 3. The summed E-state index contributed by atoms with van der Waals surface area (Å²) in [4.78, 5) is 28.3. The summed E-state index contributed by atoms with van der Waals surface area (Å²) in [6, 6.07) is 12.3. The minimum Gasteiger partial charge on any atom is -0.506 e. The number of hydrogen-bond acceptors (Lipinski definition) is 9. The number of nitrogens with one attached hydrogen (secondary N) is 2. The predicted molar refractivity (Wildman–Crippen MR) is 144 cm³/mol. The average molecular weight is 530 g/mol. The molecular formula is C28H27N5O6. The molecule has 0 saturated carbocycles. The number of H-pyrrole nitrogens is 2. The number of methoxy groups -OCH3 is 2. The van der Waals surface area contributed by atoms with Crippen LogP contribution in [0.25, 0.3) is 33.4 Å². The fraction of sp³-hybridized carbons (Fsp3) is 0.250. The summed E-state index contributed by atoms with van der Waals surface area (Å²) < 4.78 is 17.0. The van der Waals surface area contributed by atoms with E-state index in [1.165, 1.54) is 14.2 Å². The second-order valence-corrected chi connectivity index (χ2v) is 8.90. The van der Waals surface area contributed by atoms with E-state index in [4.69, 9.17) is 13.9 Å². The topological polar surface area (TPSA) is 156 Å². The molecule has 0 amide bonds. The van der Waals surface area contributed by atoms with Crippen molar-refractivity contribution in [3.05, 3.63) is 80.5 Å². The van der Waals surface area contributed by atoms with Crippen LogP contribution in [0.1, 0.15) is 37.0 Å². The summed E-state index contributed by atoms with van der Waals surface area (Å²) in [6.45, 7) is 2.04. The first-order valence-corrected chi connectivity index (χ1v) is 12.4. The van der Waals surface area contributed by atoms with E-state index in [9.17, 15) is 14.7 Å². The molecule has 2 aromatic carbocycles. The molecule has 11 nitrogen and oxygen atoms in total. The zero-order valence-corrected chi connectivity index (χ0v) is 21.7. The van der Waals surface area contributed by atoms with Crippen molar-refractivity contribution in [3.8, 4) is 39.8 Å². The van der Waals surface area contributed by atoms with Crippen LogP contribution in [0.5, 0.6) is 17.2 Å². The molecule has 3 heterocycles. The lowest BCUT2D eigenvalue weighted by molar-refractivity contribution is 0.396. The monoisotopic (exact) mass is 529 g/mol. The number of aromatic hydroxyl groups is 1. The zero-order valence-electron chi connectivity index (χ0n) is 21.7. The Balaban J connectivity index is 1.63. The number of nitrogens with zero attached hydrogens (tertiary/aromatic N) is 3. The lowest BCUT2D eigenvalue weighted by Gasteiger charge is -2.18. The molecule has 200 valence electrons. The Hall–Kier alpha value is -4.93. The lowest BCUT2D eigenvalue weighted by atomic mass is 9.96. The third-order valence-electron chi connectivity index (χ3n) is 6.50. The van der Waals surface area contributed by atoms with Gasteiger partial charge >= 0.3 is 0 Å². The molecule has 11 heteroatoms. The van der Waals surface area contributed by atoms with E-state index in [-0.39, 0.29) is 35.1 Å². The van der Waals surface area contributed by atoms with Crippen LogP contribution in [0.2, 0.25) is 0 Å². The number of pyridine rings is 1. The average Bonchev–Trinajstić information content (AvgIpc) is 3.41. The van der Waals surface area contributed by atoms with Gasteiger partial charge in [0.25, 0.3) is 17.0 Å². The van der Waals surface area contributed by atoms with Gasteiger partial charge in [-0.15, -0.1) is 10.2 Å². The fourth-order valence-corrected chi connectivity index (χ4v) is 4.62. The van der Waals surface area contributed by atoms with Crippen LogP contribution in [0.3, 0.4) is 0 Å². The highest BCUT2D eigenvalue weighted by Gasteiger charge is 2.27. The second-order valence-electron chi connectivity index (χ2n) is 8.90. The molecule has 0 unspecified atom stereocenters. The number of aryl methyl sites for hydroxylation is 1. The lowest BCUT2D eigenvalue weighted by Crippen LogP contribution is -2.14. The fourth-order valence-electron chi connectivity index (χ4n) is 4.62. The van der Waals surface area contributed by atoms with E-state index < -0.39 is 5.56 Å². The molecule has 3 N–H and O–H groups in total. The molecule has 0 aliphatic heterocycles. The highest BCUT2D eigenvalue weighted by atomic mass is 16.5. The van der Waals surface area contributed by atoms with Gasteiger partial charge in [0.05, 0.1) is 42.8 Å². The molecule has 0 fully saturated rings. The van der Waals surface area contributed by atoms with Gasteiger partial charge in [-0.05, 0) is 31.0 Å². The van der Waals surface area contributed by atoms with Gasteiger partial charge < -0.3 is 24.0 Å². The standard InChI is InChI=1S/C28H27N5O6/c1-4-5-11-17-22(23-19(37-2)12-8-13-20(23)38-3)25(34)24(27(36)29-17)28-33-31-21(39-28)14-18-15-9-6-7-10-16(15)26(35)32-30-18/h6-10,12-13H,4-5,11,14H2,1-3H3,(H,32,35)(H2,29,34,36). The van der Waals surface area contributed by atoms with Crippen LogP contribution < -0.4 is 20.6 Å². The van der Waals surface area contributed by atoms with Gasteiger partial charge in [0, 0.05) is 11.1 Å². The van der Waals surface area contributed by atoms with Crippen molar-refractivity contribution in [2.24, 2.45) is 0 Å². The number of rotatable bonds is 9. The van der Waals surface area contributed by atoms with Crippen molar-refractivity contribution in [3.63, 3.8) is 0 Å². The summed E-state index contributed by atoms with van der Waals surface area (Å²) in [5.74, 6) is 0.593. The van der Waals surface area contributed by atoms with Crippen molar-refractivity contribution < 1.29 is 19.0 Å². The Morgan fingerprint density at radius 3 is 2.31 bits per heavy atom. The highest BCUT2D eigenvalue weighted by Crippen LogP contribution is 2.46. The third-order valence-corrected chi connectivity index (χ3v) is 6.50. The molecule has 5 aromatic rings. The Labute approximate surface area is 222 Å². The third kappa shape index (κ3) is 4.74. The molecule has 0 aliphatic rings. The maximum absolute atomic E-state index is 13.2. The van der Waals surface area contributed by atoms with E-state index in [1.54, 1.807) is 42.5 Å². The van der Waals surface area contributed by atoms with Crippen molar-refractivity contribution in [2.75, 3.05) is 14.2 Å². The molecule has 0 spiro atoms. The van der Waals surface area contributed by atoms with E-state index >= 15 is 0 Å². The van der Waals surface area contributed by atoms with E-state index in [0.717, 1.165) is 12.8 Å². The molecule has 0 bridgehead atoms. The van der Waals surface area contributed by atoms with Crippen LogP contribution in [0.4, 0.5) is 0 Å². The quantitative estimate of drug-likeness (QED) is 0.257. The molecular weight excluding hydrogens is 502 g/mol. The smallest absolute Gasteiger partial charge is 0.272 e. The second kappa shape index (κ2) is 10.8. The summed E-state index contributed by atoms with van der Waals surface area (Å²) in [7, 11) is 3.04. The summed E-state index contributed by atoms with van der Waals surface area (Å²) in [5.41, 5.74) is 0.866. The largest absolute Gasteiger partial charge is 0.506 e. The van der Waals surface area contributed by atoms with Gasteiger partial charge in [-0.1, -0.05) is 37.6 Å². The number of fused-ring (bicyclic) bond motifs is 1. The van der Waals surface area contributed by atoms with Gasteiger partial charge in [-0.3, -0.25) is 9.59 Å². The maximum atomic E-state index is 13.2. The summed E-state index contributed by atoms with van der Waals surface area (Å²) in [5, 5.41) is 27.4. The van der Waals surface area contributed by atoms with Crippen molar-refractivity contribution >= 4 is 10.8 Å². The van der Waals surface area contributed by atoms with E-state index in [0.29, 0.717) is 51.2 Å². The minimum absolute atomic E-state index is 0.102. The molecule has 0 aliphatic carbocycles. The number of benzene rings is 2. The molecule has 0 atom stereocenters. The molecule has 5 rings (SSSR count). The first-order chi connectivity index (χ1) is 19.0. The van der Waals surface area contributed by atoms with E-state index in [1.807, 2.05) is 6.92 Å². The van der Waals surface area contributed by atoms with Crippen LogP contribution in [0, 0.1) is 0 Å². The number of aromatic amines is 2. The normalized spacial score (nSPS) is 11.2. The Kier molecular flexibility index (Phi) is 7.13. The first kappa shape index (κ1) is 25.7. The Morgan fingerprint density at radius 2 is 1.62 bits per heavy atom. The van der Waals surface area contributed by atoms with Crippen molar-refractivity contribution in [2.45, 2.75) is 32.6 Å². The highest BCUT2D eigenvalue weighted by molar-refractivity contribution is 5.87. The van der Waals surface area contributed by atoms with Crippen LogP contribution >= 0.6 is 0 Å². The molecule has 3 aromatic heterocycles. The molecule has 39 heavy (non-hydrogen) atoms. The number of aromatic nitrogens is 5. The summed E-state index contributed by atoms with van der Waals surface area (Å²) >= 11 is 0. The molecule has 0 radical (unpaired) electrons. The Morgan fingerprint density at radius 1 is 0.897 bits per heavy atom. The van der Waals surface area contributed by atoms with Gasteiger partial charge in [0.15, 0.2) is 0 Å². The van der Waals surface area contributed by atoms with Crippen LogP contribution in [-0.2, 0) is 12.8 Å². The number of ether oxygens (including phenoxy) is 2. The first-order valence-electron chi connectivity index (χ1n) is 12.4. The predicted octanol–water partition coefficient (Wildman–Crippen LogP) is 3.98. The zero-order chi connectivity index (χ0) is 27.5. The van der Waals surface area contributed by atoms with E-state index in [2.05, 4.69) is 25.4 Å². The van der Waals surface area contributed by atoms with Gasteiger partial charge in [0.2, 0.25) is 5.89 Å². The SMILES string of the molecule is CCCCc1[nH]c(=O)c(-c2nnc(Cc3n[nH]c(=O)c4ccccc34)o2)c(O)c1-c1c(OC)cccc1OC. The van der Waals surface area contributed by atoms with Gasteiger partial charge in [-0.25, -0.2) is 5.10 Å². The minimum atomic E-state index is -0.570. The van der Waals surface area contributed by atoms with Crippen LogP contribution in [0.15, 0.2) is 56.5 Å². The van der Waals surface area contributed by atoms with Crippen molar-refractivity contribution in [1.29, 1.82) is 0 Å². The van der Waals surface area contributed by atoms with Crippen molar-refractivity contribution in [1.82, 2.24) is 25.4 Å². The maximum Gasteiger partial charge on any atom is 0.272 e. The molecule has 0 saturated heterocycles. The Bertz CT molecular complexity index is 1750. The van der Waals surface area contributed by atoms with Gasteiger partial charge in [0.1, 0.15) is 22.8 Å². The summed E-state index contributed by atoms with van der Waals surface area (Å²) in [6.07, 6.45) is 2.28.